The molecule has 5 nitrogen and oxygen atoms in total. The zero-order valence-electron chi connectivity index (χ0n) is 16.0. The zero-order valence-corrected chi connectivity index (χ0v) is 18.3. The van der Waals surface area contributed by atoms with Crippen LogP contribution in [0.15, 0.2) is 47.7 Å². The third-order valence-electron chi connectivity index (χ3n) is 3.68. The summed E-state index contributed by atoms with van der Waals surface area (Å²) in [5, 5.41) is 6.68. The lowest BCUT2D eigenvalue weighted by molar-refractivity contribution is 0.239. The predicted octanol–water partition coefficient (Wildman–Crippen LogP) is 3.70. The lowest BCUT2D eigenvalue weighted by Crippen LogP contribution is -2.38. The highest BCUT2D eigenvalue weighted by atomic mass is 127. The molecular weight excluding hydrogens is 439 g/mol. The van der Waals surface area contributed by atoms with Crippen LogP contribution < -0.4 is 15.4 Å². The van der Waals surface area contributed by atoms with E-state index in [2.05, 4.69) is 51.8 Å². The first kappa shape index (κ1) is 22.2. The summed E-state index contributed by atoms with van der Waals surface area (Å²) >= 11 is 0. The maximum atomic E-state index is 5.92. The van der Waals surface area contributed by atoms with Crippen molar-refractivity contribution in [2.75, 3.05) is 13.6 Å². The molecule has 0 bridgehead atoms. The molecule has 26 heavy (non-hydrogen) atoms. The minimum Gasteiger partial charge on any atom is -0.491 e. The number of aryl methyl sites for hydroxylation is 1. The van der Waals surface area contributed by atoms with Crippen LogP contribution in [0.4, 0.5) is 0 Å². The van der Waals surface area contributed by atoms with E-state index in [9.17, 15) is 0 Å². The minimum absolute atomic E-state index is 0. The number of hydrogen-bond acceptors (Lipinski definition) is 3. The average molecular weight is 468 g/mol. The number of benzene rings is 1. The highest BCUT2D eigenvalue weighted by Gasteiger charge is 2.07. The average Bonchev–Trinajstić information content (AvgIpc) is 2.59. The van der Waals surface area contributed by atoms with E-state index in [0.29, 0.717) is 6.54 Å². The maximum Gasteiger partial charge on any atom is 0.191 e. The highest BCUT2D eigenvalue weighted by molar-refractivity contribution is 14.0. The molecule has 2 N–H and O–H groups in total. The molecule has 1 aromatic carbocycles. The Morgan fingerprint density at radius 2 is 2.04 bits per heavy atom. The molecule has 2 aromatic rings. The number of nitrogens with one attached hydrogen (secondary N) is 2. The smallest absolute Gasteiger partial charge is 0.191 e. The lowest BCUT2D eigenvalue weighted by Gasteiger charge is -2.17. The van der Waals surface area contributed by atoms with E-state index in [0.717, 1.165) is 30.2 Å². The quantitative estimate of drug-likeness (QED) is 0.370. The fourth-order valence-corrected chi connectivity index (χ4v) is 2.44. The minimum atomic E-state index is 0. The van der Waals surface area contributed by atoms with Crippen LogP contribution in [0.5, 0.6) is 5.75 Å². The van der Waals surface area contributed by atoms with E-state index in [1.54, 1.807) is 13.2 Å². The molecular formula is C20H29IN4O. The van der Waals surface area contributed by atoms with Crippen molar-refractivity contribution in [3.8, 4) is 5.75 Å². The molecule has 6 heteroatoms. The molecule has 0 atom stereocenters. The Kier molecular flexibility index (Phi) is 10.0. The molecule has 0 aliphatic heterocycles. The molecule has 0 amide bonds. The van der Waals surface area contributed by atoms with Crippen LogP contribution >= 0.6 is 24.0 Å². The molecule has 0 saturated carbocycles. The Morgan fingerprint density at radius 3 is 2.69 bits per heavy atom. The maximum absolute atomic E-state index is 5.92. The highest BCUT2D eigenvalue weighted by Crippen LogP contribution is 2.21. The van der Waals surface area contributed by atoms with Gasteiger partial charge < -0.3 is 15.4 Å². The van der Waals surface area contributed by atoms with E-state index >= 15 is 0 Å². The van der Waals surface area contributed by atoms with Gasteiger partial charge in [0.1, 0.15) is 5.75 Å². The fraction of sp³-hybridized carbons (Fsp3) is 0.400. The number of nitrogens with zero attached hydrogens (tertiary/aromatic N) is 2. The van der Waals surface area contributed by atoms with Crippen molar-refractivity contribution in [3.63, 3.8) is 0 Å². The second-order valence-corrected chi connectivity index (χ2v) is 6.24. The van der Waals surface area contributed by atoms with Crippen LogP contribution in [0.3, 0.4) is 0 Å². The first-order valence-corrected chi connectivity index (χ1v) is 8.68. The van der Waals surface area contributed by atoms with Gasteiger partial charge in [0.2, 0.25) is 0 Å². The first-order chi connectivity index (χ1) is 12.1. The van der Waals surface area contributed by atoms with E-state index in [1.165, 1.54) is 11.1 Å². The molecule has 0 saturated heterocycles. The summed E-state index contributed by atoms with van der Waals surface area (Å²) in [4.78, 5) is 8.41. The van der Waals surface area contributed by atoms with Gasteiger partial charge in [-0.3, -0.25) is 9.98 Å². The van der Waals surface area contributed by atoms with Gasteiger partial charge in [-0.2, -0.15) is 0 Å². The molecule has 0 aliphatic rings. The van der Waals surface area contributed by atoms with Crippen LogP contribution in [-0.2, 0) is 13.0 Å². The molecule has 0 unspecified atom stereocenters. The van der Waals surface area contributed by atoms with Crippen molar-refractivity contribution in [2.45, 2.75) is 39.8 Å². The van der Waals surface area contributed by atoms with Crippen molar-refractivity contribution >= 4 is 29.9 Å². The van der Waals surface area contributed by atoms with Gasteiger partial charge in [-0.1, -0.05) is 18.2 Å². The normalized spacial score (nSPS) is 11.0. The monoisotopic (exact) mass is 468 g/mol. The zero-order chi connectivity index (χ0) is 18.1. The van der Waals surface area contributed by atoms with E-state index in [4.69, 9.17) is 4.74 Å². The van der Waals surface area contributed by atoms with Crippen molar-refractivity contribution in [3.05, 3.63) is 59.4 Å². The molecule has 0 radical (unpaired) electrons. The van der Waals surface area contributed by atoms with Crippen LogP contribution in [0.1, 0.15) is 30.5 Å². The Bertz CT molecular complexity index is 689. The Hall–Kier alpha value is -1.83. The third-order valence-corrected chi connectivity index (χ3v) is 3.68. The van der Waals surface area contributed by atoms with Gasteiger partial charge in [0.15, 0.2) is 5.96 Å². The van der Waals surface area contributed by atoms with Gasteiger partial charge in [0, 0.05) is 38.1 Å². The van der Waals surface area contributed by atoms with Gasteiger partial charge >= 0.3 is 0 Å². The van der Waals surface area contributed by atoms with Gasteiger partial charge in [0.05, 0.1) is 6.10 Å². The van der Waals surface area contributed by atoms with E-state index < -0.39 is 0 Å². The van der Waals surface area contributed by atoms with Crippen molar-refractivity contribution in [1.29, 1.82) is 0 Å². The summed E-state index contributed by atoms with van der Waals surface area (Å²) < 4.78 is 5.92. The van der Waals surface area contributed by atoms with E-state index in [-0.39, 0.29) is 30.1 Å². The number of hydrogen-bond donors (Lipinski definition) is 2. The molecule has 142 valence electrons. The molecule has 0 aliphatic carbocycles. The summed E-state index contributed by atoms with van der Waals surface area (Å²) in [5.74, 6) is 1.70. The van der Waals surface area contributed by atoms with Crippen molar-refractivity contribution in [1.82, 2.24) is 15.6 Å². The number of rotatable bonds is 7. The summed E-state index contributed by atoms with van der Waals surface area (Å²) in [6.45, 7) is 7.61. The lowest BCUT2D eigenvalue weighted by atomic mass is 10.1. The summed E-state index contributed by atoms with van der Waals surface area (Å²) in [6, 6.07) is 10.3. The van der Waals surface area contributed by atoms with Crippen LogP contribution in [0.25, 0.3) is 0 Å². The SMILES string of the molecule is CN=C(NCCc1cccnc1)NCc1ccc(C)cc1OC(C)C.I. The number of pyridine rings is 1. The second kappa shape index (κ2) is 11.7. The number of guanidine groups is 1. The molecule has 2 rings (SSSR count). The van der Waals surface area contributed by atoms with E-state index in [1.807, 2.05) is 26.1 Å². The second-order valence-electron chi connectivity index (χ2n) is 6.24. The van der Waals surface area contributed by atoms with Crippen molar-refractivity contribution < 1.29 is 4.74 Å². The van der Waals surface area contributed by atoms with Crippen molar-refractivity contribution in [2.24, 2.45) is 4.99 Å². The number of aliphatic imine (C=N–C) groups is 1. The Balaban J connectivity index is 0.00000338. The van der Waals surface area contributed by atoms with Crippen LogP contribution in [0.2, 0.25) is 0 Å². The van der Waals surface area contributed by atoms with Gasteiger partial charge in [-0.25, -0.2) is 0 Å². The number of ether oxygens (including phenoxy) is 1. The standard InChI is InChI=1S/C20H28N4O.HI/c1-15(2)25-19-12-16(3)7-8-18(19)14-24-20(21-4)23-11-9-17-6-5-10-22-13-17;/h5-8,10,12-13,15H,9,11,14H2,1-4H3,(H2,21,23,24);1H. The Labute approximate surface area is 173 Å². The molecule has 1 heterocycles. The number of halogens is 1. The Morgan fingerprint density at radius 1 is 1.23 bits per heavy atom. The summed E-state index contributed by atoms with van der Waals surface area (Å²) in [6.07, 6.45) is 4.73. The van der Waals surface area contributed by atoms with Gasteiger partial charge in [-0.15, -0.1) is 24.0 Å². The molecule has 1 aromatic heterocycles. The number of aromatic nitrogens is 1. The third kappa shape index (κ3) is 7.59. The largest absolute Gasteiger partial charge is 0.491 e. The summed E-state index contributed by atoms with van der Waals surface area (Å²) in [5.41, 5.74) is 3.52. The predicted molar refractivity (Wildman–Crippen MR) is 119 cm³/mol. The van der Waals surface area contributed by atoms with Crippen LogP contribution in [0, 0.1) is 6.92 Å². The van der Waals surface area contributed by atoms with Crippen LogP contribution in [-0.4, -0.2) is 30.6 Å². The van der Waals surface area contributed by atoms with Gasteiger partial charge in [-0.05, 0) is 50.5 Å². The van der Waals surface area contributed by atoms with Gasteiger partial charge in [0.25, 0.3) is 0 Å². The molecule has 0 fully saturated rings. The first-order valence-electron chi connectivity index (χ1n) is 8.68. The fourth-order valence-electron chi connectivity index (χ4n) is 2.44. The topological polar surface area (TPSA) is 58.5 Å². The summed E-state index contributed by atoms with van der Waals surface area (Å²) in [7, 11) is 1.78. The molecule has 0 spiro atoms.